The van der Waals surface area contributed by atoms with Gasteiger partial charge in [0, 0.05) is 31.2 Å². The number of halogens is 2. The Bertz CT molecular complexity index is 452. The first-order valence-corrected chi connectivity index (χ1v) is 6.98. The Morgan fingerprint density at radius 3 is 2.82 bits per heavy atom. The molecule has 1 aromatic rings. The lowest BCUT2D eigenvalue weighted by Crippen LogP contribution is -2.43. The molecule has 1 fully saturated rings. The van der Waals surface area contributed by atoms with Gasteiger partial charge < -0.3 is 20.3 Å². The standard InChI is InChI=1S/C15H23N3O2.2ClH/c1-18(2)10-12-4-3-5-13(8-12)17-15(19)9-14-11-20-7-6-16-14;;/h3-5,8,14,16H,6-7,9-11H2,1-2H3,(H,17,19);2*1H. The smallest absolute Gasteiger partial charge is 0.226 e. The summed E-state index contributed by atoms with van der Waals surface area (Å²) in [6, 6.07) is 8.08. The quantitative estimate of drug-likeness (QED) is 0.852. The molecule has 126 valence electrons. The highest BCUT2D eigenvalue weighted by molar-refractivity contribution is 5.91. The van der Waals surface area contributed by atoms with Crippen molar-refractivity contribution in [1.29, 1.82) is 0 Å². The van der Waals surface area contributed by atoms with E-state index in [4.69, 9.17) is 4.74 Å². The van der Waals surface area contributed by atoms with Crippen LogP contribution in [0.4, 0.5) is 5.69 Å². The van der Waals surface area contributed by atoms with Gasteiger partial charge in [0.2, 0.25) is 5.91 Å². The van der Waals surface area contributed by atoms with Crippen LogP contribution >= 0.6 is 24.8 Å². The Hall–Kier alpha value is -0.850. The summed E-state index contributed by atoms with van der Waals surface area (Å²) in [6.07, 6.45) is 0.442. The molecular formula is C15H25Cl2N3O2. The molecule has 7 heteroatoms. The molecule has 1 heterocycles. The zero-order valence-electron chi connectivity index (χ0n) is 13.0. The maximum atomic E-state index is 12.0. The summed E-state index contributed by atoms with van der Waals surface area (Å²) in [5.41, 5.74) is 2.04. The fourth-order valence-electron chi connectivity index (χ4n) is 2.30. The van der Waals surface area contributed by atoms with E-state index in [1.165, 1.54) is 5.56 Å². The van der Waals surface area contributed by atoms with Crippen LogP contribution in [0.25, 0.3) is 0 Å². The van der Waals surface area contributed by atoms with Crippen LogP contribution in [0.1, 0.15) is 12.0 Å². The Kier molecular flexibility index (Phi) is 10.4. The third kappa shape index (κ3) is 7.42. The van der Waals surface area contributed by atoms with Gasteiger partial charge >= 0.3 is 0 Å². The van der Waals surface area contributed by atoms with Crippen molar-refractivity contribution in [2.75, 3.05) is 39.2 Å². The third-order valence-corrected chi connectivity index (χ3v) is 3.14. The number of rotatable bonds is 5. The number of ether oxygens (including phenoxy) is 1. The van der Waals surface area contributed by atoms with Crippen molar-refractivity contribution in [1.82, 2.24) is 10.2 Å². The minimum absolute atomic E-state index is 0. The second-order valence-corrected chi connectivity index (χ2v) is 5.42. The number of carbonyl (C=O) groups is 1. The summed E-state index contributed by atoms with van der Waals surface area (Å²) in [5, 5.41) is 6.23. The molecule has 0 radical (unpaired) electrons. The molecule has 1 aromatic carbocycles. The molecule has 1 amide bonds. The van der Waals surface area contributed by atoms with E-state index in [2.05, 4.69) is 21.6 Å². The average Bonchev–Trinajstić information content (AvgIpc) is 2.39. The molecule has 1 unspecified atom stereocenters. The number of hydrogen-bond donors (Lipinski definition) is 2. The predicted octanol–water partition coefficient (Wildman–Crippen LogP) is 1.91. The van der Waals surface area contributed by atoms with Gasteiger partial charge in [-0.3, -0.25) is 4.79 Å². The second-order valence-electron chi connectivity index (χ2n) is 5.42. The minimum atomic E-state index is 0. The van der Waals surface area contributed by atoms with Crippen LogP contribution in [-0.2, 0) is 16.1 Å². The van der Waals surface area contributed by atoms with E-state index in [0.29, 0.717) is 13.0 Å². The topological polar surface area (TPSA) is 53.6 Å². The number of amides is 1. The average molecular weight is 350 g/mol. The van der Waals surface area contributed by atoms with Crippen LogP contribution in [0.3, 0.4) is 0 Å². The van der Waals surface area contributed by atoms with Gasteiger partial charge in [0.05, 0.1) is 13.2 Å². The van der Waals surface area contributed by atoms with Crippen LogP contribution in [0.15, 0.2) is 24.3 Å². The molecule has 1 aliphatic rings. The molecule has 2 N–H and O–H groups in total. The van der Waals surface area contributed by atoms with Gasteiger partial charge in [0.25, 0.3) is 0 Å². The van der Waals surface area contributed by atoms with Crippen molar-refractivity contribution >= 4 is 36.4 Å². The van der Waals surface area contributed by atoms with Crippen LogP contribution in [0.2, 0.25) is 0 Å². The largest absolute Gasteiger partial charge is 0.378 e. The predicted molar refractivity (Wildman–Crippen MR) is 94.2 cm³/mol. The molecule has 1 atom stereocenters. The molecule has 0 aromatic heterocycles. The lowest BCUT2D eigenvalue weighted by Gasteiger charge is -2.23. The van der Waals surface area contributed by atoms with Crippen molar-refractivity contribution in [3.05, 3.63) is 29.8 Å². The second kappa shape index (κ2) is 10.8. The summed E-state index contributed by atoms with van der Waals surface area (Å²) in [6.45, 7) is 3.01. The number of anilines is 1. The van der Waals surface area contributed by atoms with Gasteiger partial charge in [-0.15, -0.1) is 24.8 Å². The highest BCUT2D eigenvalue weighted by Gasteiger charge is 2.16. The fourth-order valence-corrected chi connectivity index (χ4v) is 2.30. The van der Waals surface area contributed by atoms with Crippen molar-refractivity contribution < 1.29 is 9.53 Å². The van der Waals surface area contributed by atoms with Crippen LogP contribution in [0, 0.1) is 0 Å². The first-order chi connectivity index (χ1) is 9.63. The summed E-state index contributed by atoms with van der Waals surface area (Å²) in [5.74, 6) is 0.0232. The van der Waals surface area contributed by atoms with Crippen LogP contribution < -0.4 is 10.6 Å². The van der Waals surface area contributed by atoms with Crippen LogP contribution in [-0.4, -0.2) is 50.7 Å². The van der Waals surface area contributed by atoms with E-state index in [9.17, 15) is 4.79 Å². The summed E-state index contributed by atoms with van der Waals surface area (Å²) < 4.78 is 5.35. The van der Waals surface area contributed by atoms with E-state index in [1.807, 2.05) is 32.3 Å². The number of nitrogens with zero attached hydrogens (tertiary/aromatic N) is 1. The van der Waals surface area contributed by atoms with E-state index in [0.717, 1.165) is 25.4 Å². The monoisotopic (exact) mass is 349 g/mol. The first kappa shape index (κ1) is 21.1. The number of nitrogens with one attached hydrogen (secondary N) is 2. The zero-order chi connectivity index (χ0) is 14.4. The van der Waals surface area contributed by atoms with Crippen molar-refractivity contribution in [2.24, 2.45) is 0 Å². The van der Waals surface area contributed by atoms with E-state index in [1.54, 1.807) is 0 Å². The van der Waals surface area contributed by atoms with Gasteiger partial charge in [-0.25, -0.2) is 0 Å². The highest BCUT2D eigenvalue weighted by Crippen LogP contribution is 2.12. The van der Waals surface area contributed by atoms with Gasteiger partial charge in [-0.05, 0) is 31.8 Å². The molecule has 0 saturated carbocycles. The zero-order valence-corrected chi connectivity index (χ0v) is 14.6. The van der Waals surface area contributed by atoms with Gasteiger partial charge in [0.15, 0.2) is 0 Å². The molecule has 1 saturated heterocycles. The highest BCUT2D eigenvalue weighted by atomic mass is 35.5. The van der Waals surface area contributed by atoms with Gasteiger partial charge in [0.1, 0.15) is 0 Å². The molecule has 1 aliphatic heterocycles. The SMILES string of the molecule is CN(C)Cc1cccc(NC(=O)CC2COCCN2)c1.Cl.Cl. The number of hydrogen-bond acceptors (Lipinski definition) is 4. The van der Waals surface area contributed by atoms with Crippen LogP contribution in [0.5, 0.6) is 0 Å². The first-order valence-electron chi connectivity index (χ1n) is 6.98. The number of carbonyl (C=O) groups excluding carboxylic acids is 1. The van der Waals surface area contributed by atoms with Crippen molar-refractivity contribution in [3.8, 4) is 0 Å². The minimum Gasteiger partial charge on any atom is -0.378 e. The van der Waals surface area contributed by atoms with Gasteiger partial charge in [-0.1, -0.05) is 12.1 Å². The maximum absolute atomic E-state index is 12.0. The van der Waals surface area contributed by atoms with E-state index < -0.39 is 0 Å². The lowest BCUT2D eigenvalue weighted by atomic mass is 10.1. The summed E-state index contributed by atoms with van der Waals surface area (Å²) in [4.78, 5) is 14.1. The Morgan fingerprint density at radius 1 is 1.41 bits per heavy atom. The molecule has 2 rings (SSSR count). The molecular weight excluding hydrogens is 325 g/mol. The number of benzene rings is 1. The molecule has 5 nitrogen and oxygen atoms in total. The molecule has 0 bridgehead atoms. The summed E-state index contributed by atoms with van der Waals surface area (Å²) >= 11 is 0. The summed E-state index contributed by atoms with van der Waals surface area (Å²) in [7, 11) is 4.06. The van der Waals surface area contributed by atoms with Crippen molar-refractivity contribution in [2.45, 2.75) is 19.0 Å². The van der Waals surface area contributed by atoms with E-state index in [-0.39, 0.29) is 36.8 Å². The third-order valence-electron chi connectivity index (χ3n) is 3.14. The molecule has 0 spiro atoms. The van der Waals surface area contributed by atoms with E-state index >= 15 is 0 Å². The normalized spacial score (nSPS) is 17.3. The lowest BCUT2D eigenvalue weighted by molar-refractivity contribution is -0.117. The maximum Gasteiger partial charge on any atom is 0.226 e. The van der Waals surface area contributed by atoms with Crippen molar-refractivity contribution in [3.63, 3.8) is 0 Å². The number of morpholine rings is 1. The van der Waals surface area contributed by atoms with Gasteiger partial charge in [-0.2, -0.15) is 0 Å². The Morgan fingerprint density at radius 2 is 2.18 bits per heavy atom. The Balaban J connectivity index is 0.00000220. The fraction of sp³-hybridized carbons (Fsp3) is 0.533. The Labute approximate surface area is 144 Å². The molecule has 0 aliphatic carbocycles. The molecule has 22 heavy (non-hydrogen) atoms.